The molecular formula is C6H9NO2S. The lowest BCUT2D eigenvalue weighted by molar-refractivity contribution is 0.0702. The smallest absolute Gasteiger partial charge is 0.345 e. The summed E-state index contributed by atoms with van der Waals surface area (Å²) in [6.45, 7) is 0. The minimum absolute atomic E-state index is 0. The molecule has 1 rings (SSSR count). The second kappa shape index (κ2) is 3.22. The highest BCUT2D eigenvalue weighted by Gasteiger charge is 2.03. The Labute approximate surface area is 63.1 Å². The highest BCUT2D eigenvalue weighted by atomic mass is 32.1. The Balaban J connectivity index is 0.000000810. The van der Waals surface area contributed by atoms with Crippen molar-refractivity contribution in [3.05, 3.63) is 17.0 Å². The Hall–Kier alpha value is -1.03. The van der Waals surface area contributed by atoms with Crippen LogP contribution < -0.4 is 5.73 Å². The van der Waals surface area contributed by atoms with E-state index < -0.39 is 5.97 Å². The fourth-order valence-corrected chi connectivity index (χ4v) is 1.08. The topological polar surface area (TPSA) is 63.3 Å². The fraction of sp³-hybridized carbons (Fsp3) is 0.167. The summed E-state index contributed by atoms with van der Waals surface area (Å²) >= 11 is 1.07. The summed E-state index contributed by atoms with van der Waals surface area (Å²) < 4.78 is 0. The summed E-state index contributed by atoms with van der Waals surface area (Å²) in [6, 6.07) is 3.07. The van der Waals surface area contributed by atoms with Crippen LogP contribution in [0.3, 0.4) is 0 Å². The highest BCUT2D eigenvalue weighted by Crippen LogP contribution is 2.17. The molecule has 3 N–H and O–H groups in total. The van der Waals surface area contributed by atoms with Crippen LogP contribution in [0.2, 0.25) is 0 Å². The van der Waals surface area contributed by atoms with Gasteiger partial charge in [-0.1, -0.05) is 7.43 Å². The second-order valence-electron chi connectivity index (χ2n) is 1.51. The number of carbonyl (C=O) groups is 1. The molecule has 56 valence electrons. The van der Waals surface area contributed by atoms with Crippen molar-refractivity contribution in [2.45, 2.75) is 7.43 Å². The Kier molecular flexibility index (Phi) is 2.89. The van der Waals surface area contributed by atoms with Crippen molar-refractivity contribution in [1.29, 1.82) is 0 Å². The van der Waals surface area contributed by atoms with E-state index in [1.807, 2.05) is 0 Å². The van der Waals surface area contributed by atoms with E-state index in [0.29, 0.717) is 5.00 Å². The van der Waals surface area contributed by atoms with Gasteiger partial charge in [-0.25, -0.2) is 4.79 Å². The first-order chi connectivity index (χ1) is 4.20. The van der Waals surface area contributed by atoms with Gasteiger partial charge in [0, 0.05) is 0 Å². The number of hydrogen-bond donors (Lipinski definition) is 2. The molecule has 0 radical (unpaired) electrons. The number of rotatable bonds is 1. The van der Waals surface area contributed by atoms with Crippen molar-refractivity contribution in [2.24, 2.45) is 0 Å². The van der Waals surface area contributed by atoms with Crippen LogP contribution in [0.1, 0.15) is 17.1 Å². The van der Waals surface area contributed by atoms with E-state index in [0.717, 1.165) is 11.3 Å². The Morgan fingerprint density at radius 2 is 2.20 bits per heavy atom. The maximum absolute atomic E-state index is 10.2. The summed E-state index contributed by atoms with van der Waals surface area (Å²) in [5.41, 5.74) is 5.27. The lowest BCUT2D eigenvalue weighted by Crippen LogP contribution is -1.89. The van der Waals surface area contributed by atoms with Crippen LogP contribution in [-0.2, 0) is 0 Å². The van der Waals surface area contributed by atoms with Gasteiger partial charge in [-0.05, 0) is 12.1 Å². The first-order valence-corrected chi connectivity index (χ1v) is 3.10. The molecule has 3 nitrogen and oxygen atoms in total. The summed E-state index contributed by atoms with van der Waals surface area (Å²) in [5, 5.41) is 8.89. The van der Waals surface area contributed by atoms with Crippen molar-refractivity contribution >= 4 is 22.3 Å². The number of anilines is 1. The Morgan fingerprint density at radius 3 is 2.40 bits per heavy atom. The predicted molar refractivity (Wildman–Crippen MR) is 42.4 cm³/mol. The Morgan fingerprint density at radius 1 is 1.60 bits per heavy atom. The van der Waals surface area contributed by atoms with Crippen LogP contribution in [0.15, 0.2) is 12.1 Å². The van der Waals surface area contributed by atoms with Gasteiger partial charge in [0.05, 0.1) is 5.00 Å². The molecule has 10 heavy (non-hydrogen) atoms. The third kappa shape index (κ3) is 1.73. The Bertz CT molecular complexity index is 231. The van der Waals surface area contributed by atoms with Gasteiger partial charge in [-0.3, -0.25) is 0 Å². The monoisotopic (exact) mass is 159 g/mol. The molecule has 0 spiro atoms. The number of thiophene rings is 1. The van der Waals surface area contributed by atoms with Gasteiger partial charge in [0.15, 0.2) is 0 Å². The molecule has 4 heteroatoms. The van der Waals surface area contributed by atoms with Crippen molar-refractivity contribution in [3.8, 4) is 0 Å². The van der Waals surface area contributed by atoms with Crippen LogP contribution in [0.4, 0.5) is 5.00 Å². The predicted octanol–water partition coefficient (Wildman–Crippen LogP) is 1.66. The molecule has 0 aliphatic carbocycles. The average molecular weight is 159 g/mol. The molecule has 0 saturated heterocycles. The number of nitrogens with two attached hydrogens (primary N) is 1. The number of carboxylic acids is 1. The van der Waals surface area contributed by atoms with Crippen molar-refractivity contribution in [2.75, 3.05) is 5.73 Å². The van der Waals surface area contributed by atoms with Gasteiger partial charge in [0.1, 0.15) is 4.88 Å². The molecule has 1 aromatic rings. The van der Waals surface area contributed by atoms with Gasteiger partial charge in [0.2, 0.25) is 0 Å². The highest BCUT2D eigenvalue weighted by molar-refractivity contribution is 7.17. The molecule has 0 saturated carbocycles. The van der Waals surface area contributed by atoms with Crippen molar-refractivity contribution in [3.63, 3.8) is 0 Å². The molecule has 0 atom stereocenters. The van der Waals surface area contributed by atoms with Gasteiger partial charge >= 0.3 is 5.97 Å². The molecule has 0 amide bonds. The molecule has 0 aliphatic heterocycles. The summed E-state index contributed by atoms with van der Waals surface area (Å²) in [6.07, 6.45) is 0. The summed E-state index contributed by atoms with van der Waals surface area (Å²) in [7, 11) is 0. The molecule has 0 fully saturated rings. The normalized spacial score (nSPS) is 8.40. The average Bonchev–Trinajstić information content (AvgIpc) is 2.14. The van der Waals surface area contributed by atoms with E-state index in [2.05, 4.69) is 0 Å². The standard InChI is InChI=1S/C5H5NO2S.CH4/c6-4-2-1-3(9-4)5(7)8;/h1-2H,6H2,(H,7,8);1H4. The third-order valence-electron chi connectivity index (χ3n) is 0.838. The van der Waals surface area contributed by atoms with Gasteiger partial charge in [-0.2, -0.15) is 0 Å². The quantitative estimate of drug-likeness (QED) is 0.655. The fourth-order valence-electron chi connectivity index (χ4n) is 0.468. The lowest BCUT2D eigenvalue weighted by Gasteiger charge is -1.80. The number of hydrogen-bond acceptors (Lipinski definition) is 3. The zero-order chi connectivity index (χ0) is 6.85. The molecule has 0 aliphatic rings. The lowest BCUT2D eigenvalue weighted by atomic mass is 10.5. The van der Waals surface area contributed by atoms with E-state index in [-0.39, 0.29) is 12.3 Å². The second-order valence-corrected chi connectivity index (χ2v) is 2.62. The van der Waals surface area contributed by atoms with Crippen molar-refractivity contribution < 1.29 is 9.90 Å². The van der Waals surface area contributed by atoms with E-state index in [1.54, 1.807) is 6.07 Å². The van der Waals surface area contributed by atoms with Crippen molar-refractivity contribution in [1.82, 2.24) is 0 Å². The van der Waals surface area contributed by atoms with Crippen LogP contribution >= 0.6 is 11.3 Å². The molecule has 0 bridgehead atoms. The van der Waals surface area contributed by atoms with Crippen LogP contribution in [-0.4, -0.2) is 11.1 Å². The van der Waals surface area contributed by atoms with E-state index in [4.69, 9.17) is 10.8 Å². The van der Waals surface area contributed by atoms with E-state index in [1.165, 1.54) is 6.07 Å². The molecule has 1 heterocycles. The van der Waals surface area contributed by atoms with Gasteiger partial charge in [-0.15, -0.1) is 11.3 Å². The SMILES string of the molecule is C.Nc1ccc(C(=O)O)s1. The molecule has 0 aromatic carbocycles. The molecule has 0 unspecified atom stereocenters. The van der Waals surface area contributed by atoms with E-state index in [9.17, 15) is 4.79 Å². The minimum Gasteiger partial charge on any atom is -0.477 e. The van der Waals surface area contributed by atoms with Crippen LogP contribution in [0.5, 0.6) is 0 Å². The maximum Gasteiger partial charge on any atom is 0.345 e. The minimum atomic E-state index is -0.920. The molecular weight excluding hydrogens is 150 g/mol. The van der Waals surface area contributed by atoms with Crippen LogP contribution in [0.25, 0.3) is 0 Å². The zero-order valence-corrected chi connectivity index (χ0v) is 5.31. The van der Waals surface area contributed by atoms with Gasteiger partial charge in [0.25, 0.3) is 0 Å². The third-order valence-corrected chi connectivity index (χ3v) is 1.74. The number of carboxylic acid groups (broad SMARTS) is 1. The maximum atomic E-state index is 10.2. The number of nitrogen functional groups attached to an aromatic ring is 1. The first-order valence-electron chi connectivity index (χ1n) is 2.29. The molecule has 1 aromatic heterocycles. The summed E-state index contributed by atoms with van der Waals surface area (Å²) in [5.74, 6) is -0.920. The first kappa shape index (κ1) is 8.97. The number of aromatic carboxylic acids is 1. The van der Waals surface area contributed by atoms with Gasteiger partial charge < -0.3 is 10.8 Å². The summed E-state index contributed by atoms with van der Waals surface area (Å²) in [4.78, 5) is 10.5. The largest absolute Gasteiger partial charge is 0.477 e. The van der Waals surface area contributed by atoms with Crippen LogP contribution in [0, 0.1) is 0 Å². The zero-order valence-electron chi connectivity index (χ0n) is 4.50. The van der Waals surface area contributed by atoms with E-state index >= 15 is 0 Å².